The molecule has 158 valence electrons. The molecule has 0 amide bonds. The third-order valence-corrected chi connectivity index (χ3v) is 5.56. The first-order valence-electron chi connectivity index (χ1n) is 10.7. The number of hydrogen-bond donors (Lipinski definition) is 0. The molecular weight excluding hydrogens is 396 g/mol. The third kappa shape index (κ3) is 4.23. The van der Waals surface area contributed by atoms with Crippen LogP contribution < -0.4 is 4.74 Å². The molecule has 0 unspecified atom stereocenters. The van der Waals surface area contributed by atoms with Gasteiger partial charge < -0.3 is 4.74 Å². The Kier molecular flexibility index (Phi) is 5.62. The molecule has 0 aliphatic carbocycles. The molecular formula is C27H24N4O. The molecule has 0 atom stereocenters. The molecule has 0 N–H and O–H groups in total. The normalized spacial score (nSPS) is 11.0. The first kappa shape index (κ1) is 19.9. The number of nitrogens with zero attached hydrogens (tertiary/aromatic N) is 4. The van der Waals surface area contributed by atoms with Crippen LogP contribution in [0, 0.1) is 0 Å². The van der Waals surface area contributed by atoms with Crippen LogP contribution in [0.1, 0.15) is 22.8 Å². The van der Waals surface area contributed by atoms with Gasteiger partial charge in [-0.05, 0) is 35.1 Å². The minimum absolute atomic E-state index is 0.701. The summed E-state index contributed by atoms with van der Waals surface area (Å²) in [5, 5.41) is 7.29. The number of aromatic nitrogens is 4. The highest BCUT2D eigenvalue weighted by molar-refractivity contribution is 5.90. The molecule has 3 aromatic carbocycles. The first-order chi connectivity index (χ1) is 15.8. The van der Waals surface area contributed by atoms with E-state index in [-0.39, 0.29) is 0 Å². The molecule has 0 spiro atoms. The summed E-state index contributed by atoms with van der Waals surface area (Å²) in [4.78, 5) is 9.23. The van der Waals surface area contributed by atoms with E-state index in [9.17, 15) is 0 Å². The summed E-state index contributed by atoms with van der Waals surface area (Å²) >= 11 is 0. The van der Waals surface area contributed by atoms with E-state index in [0.29, 0.717) is 6.42 Å². The van der Waals surface area contributed by atoms with Crippen molar-refractivity contribution in [2.75, 3.05) is 7.11 Å². The fourth-order valence-corrected chi connectivity index (χ4v) is 3.96. The predicted molar refractivity (Wildman–Crippen MR) is 126 cm³/mol. The van der Waals surface area contributed by atoms with Crippen LogP contribution in [0.4, 0.5) is 0 Å². The predicted octanol–water partition coefficient (Wildman–Crippen LogP) is 5.20. The van der Waals surface area contributed by atoms with Crippen LogP contribution in [0.15, 0.2) is 91.3 Å². The summed E-state index contributed by atoms with van der Waals surface area (Å²) in [5.74, 6) is 2.53. The van der Waals surface area contributed by atoms with E-state index < -0.39 is 0 Å². The Labute approximate surface area is 187 Å². The van der Waals surface area contributed by atoms with Crippen molar-refractivity contribution in [2.24, 2.45) is 0 Å². The second-order valence-corrected chi connectivity index (χ2v) is 7.75. The molecule has 32 heavy (non-hydrogen) atoms. The highest BCUT2D eigenvalue weighted by atomic mass is 16.5. The van der Waals surface area contributed by atoms with Crippen molar-refractivity contribution in [3.05, 3.63) is 114 Å². The van der Waals surface area contributed by atoms with Gasteiger partial charge in [0.25, 0.3) is 0 Å². The molecule has 0 saturated carbocycles. The van der Waals surface area contributed by atoms with Gasteiger partial charge in [0.1, 0.15) is 11.6 Å². The number of benzene rings is 3. The lowest BCUT2D eigenvalue weighted by Gasteiger charge is -2.10. The van der Waals surface area contributed by atoms with E-state index in [1.54, 1.807) is 13.3 Å². The lowest BCUT2D eigenvalue weighted by atomic mass is 10.1. The summed E-state index contributed by atoms with van der Waals surface area (Å²) in [5.41, 5.74) is 3.36. The number of hydrogen-bond acceptors (Lipinski definition) is 4. The lowest BCUT2D eigenvalue weighted by molar-refractivity contribution is 0.412. The van der Waals surface area contributed by atoms with E-state index in [2.05, 4.69) is 59.6 Å². The van der Waals surface area contributed by atoms with Crippen LogP contribution in [0.2, 0.25) is 0 Å². The molecule has 0 saturated heterocycles. The molecule has 0 fully saturated rings. The largest absolute Gasteiger partial charge is 0.495 e. The van der Waals surface area contributed by atoms with Crippen LogP contribution >= 0.6 is 0 Å². The van der Waals surface area contributed by atoms with E-state index in [1.165, 1.54) is 10.9 Å². The van der Waals surface area contributed by atoms with Crippen molar-refractivity contribution in [1.82, 2.24) is 19.7 Å². The minimum atomic E-state index is 0.701. The van der Waals surface area contributed by atoms with Gasteiger partial charge in [0.2, 0.25) is 0 Å². The van der Waals surface area contributed by atoms with Gasteiger partial charge in [-0.25, -0.2) is 9.67 Å². The SMILES string of the molecule is COc1cncc(CCc2nc(Cc3ccccc3)nn2-c2cccc3ccccc23)c1. The highest BCUT2D eigenvalue weighted by Crippen LogP contribution is 2.24. The molecule has 0 bridgehead atoms. The smallest absolute Gasteiger partial charge is 0.155 e. The van der Waals surface area contributed by atoms with E-state index in [1.807, 2.05) is 35.1 Å². The van der Waals surface area contributed by atoms with Crippen LogP contribution in [-0.2, 0) is 19.3 Å². The number of rotatable bonds is 7. The summed E-state index contributed by atoms with van der Waals surface area (Å²) in [7, 11) is 1.66. The number of ether oxygens (including phenoxy) is 1. The van der Waals surface area contributed by atoms with E-state index in [4.69, 9.17) is 14.8 Å². The van der Waals surface area contributed by atoms with Gasteiger partial charge in [-0.3, -0.25) is 4.98 Å². The number of pyridine rings is 1. The zero-order valence-corrected chi connectivity index (χ0v) is 18.0. The molecule has 0 radical (unpaired) electrons. The summed E-state index contributed by atoms with van der Waals surface area (Å²) in [6.07, 6.45) is 5.86. The van der Waals surface area contributed by atoms with Gasteiger partial charge >= 0.3 is 0 Å². The summed E-state index contributed by atoms with van der Waals surface area (Å²) < 4.78 is 7.33. The Hall–Kier alpha value is -3.99. The van der Waals surface area contributed by atoms with Gasteiger partial charge in [-0.15, -0.1) is 0 Å². The Morgan fingerprint density at radius 2 is 1.62 bits per heavy atom. The first-order valence-corrected chi connectivity index (χ1v) is 10.7. The third-order valence-electron chi connectivity index (χ3n) is 5.56. The van der Waals surface area contributed by atoms with E-state index >= 15 is 0 Å². The summed E-state index contributed by atoms with van der Waals surface area (Å²) in [6, 6.07) is 27.1. The highest BCUT2D eigenvalue weighted by Gasteiger charge is 2.14. The standard InChI is InChI=1S/C27H24N4O/c1-32-23-16-21(18-28-19-23)14-15-27-29-26(17-20-8-3-2-4-9-20)30-31(27)25-13-7-11-22-10-5-6-12-24(22)25/h2-13,16,18-19H,14-15,17H2,1H3. The lowest BCUT2D eigenvalue weighted by Crippen LogP contribution is -2.05. The molecule has 2 heterocycles. The van der Waals surface area contributed by atoms with Gasteiger partial charge in [0, 0.05) is 24.4 Å². The monoisotopic (exact) mass is 420 g/mol. The van der Waals surface area contributed by atoms with Crippen LogP contribution in [0.3, 0.4) is 0 Å². The number of methoxy groups -OCH3 is 1. The van der Waals surface area contributed by atoms with Gasteiger partial charge in [0.15, 0.2) is 5.82 Å². The fraction of sp³-hybridized carbons (Fsp3) is 0.148. The van der Waals surface area contributed by atoms with Crippen molar-refractivity contribution < 1.29 is 4.74 Å². The zero-order chi connectivity index (χ0) is 21.8. The molecule has 0 aliphatic heterocycles. The van der Waals surface area contributed by atoms with Crippen LogP contribution in [-0.4, -0.2) is 26.9 Å². The average molecular weight is 421 g/mol. The second-order valence-electron chi connectivity index (χ2n) is 7.75. The maximum atomic E-state index is 5.32. The Balaban J connectivity index is 1.53. The van der Waals surface area contributed by atoms with Crippen molar-refractivity contribution in [2.45, 2.75) is 19.3 Å². The maximum absolute atomic E-state index is 5.32. The van der Waals surface area contributed by atoms with Gasteiger partial charge in [-0.1, -0.05) is 66.7 Å². The van der Waals surface area contributed by atoms with Gasteiger partial charge in [0.05, 0.1) is 19.0 Å². The molecule has 5 nitrogen and oxygen atoms in total. The number of aryl methyl sites for hydroxylation is 2. The minimum Gasteiger partial charge on any atom is -0.495 e. The Bertz CT molecular complexity index is 1340. The van der Waals surface area contributed by atoms with Crippen LogP contribution in [0.25, 0.3) is 16.5 Å². The van der Waals surface area contributed by atoms with Crippen molar-refractivity contribution in [3.63, 3.8) is 0 Å². The fourth-order valence-electron chi connectivity index (χ4n) is 3.96. The number of fused-ring (bicyclic) bond motifs is 1. The van der Waals surface area contributed by atoms with E-state index in [0.717, 1.165) is 46.9 Å². The molecule has 2 aromatic heterocycles. The molecule has 0 aliphatic rings. The van der Waals surface area contributed by atoms with Crippen molar-refractivity contribution >= 4 is 10.8 Å². The topological polar surface area (TPSA) is 52.8 Å². The van der Waals surface area contributed by atoms with Crippen molar-refractivity contribution in [1.29, 1.82) is 0 Å². The van der Waals surface area contributed by atoms with Crippen molar-refractivity contribution in [3.8, 4) is 11.4 Å². The average Bonchev–Trinajstić information content (AvgIpc) is 3.25. The molecule has 5 rings (SSSR count). The Morgan fingerprint density at radius 3 is 2.50 bits per heavy atom. The summed E-state index contributed by atoms with van der Waals surface area (Å²) in [6.45, 7) is 0. The maximum Gasteiger partial charge on any atom is 0.155 e. The second kappa shape index (κ2) is 9.02. The molecule has 5 heteroatoms. The molecule has 5 aromatic rings. The zero-order valence-electron chi connectivity index (χ0n) is 18.0. The quantitative estimate of drug-likeness (QED) is 0.363. The van der Waals surface area contributed by atoms with Crippen LogP contribution in [0.5, 0.6) is 5.75 Å². The Morgan fingerprint density at radius 1 is 0.812 bits per heavy atom. The van der Waals surface area contributed by atoms with Gasteiger partial charge in [-0.2, -0.15) is 5.10 Å².